The van der Waals surface area contributed by atoms with Gasteiger partial charge in [-0.05, 0) is 45.4 Å². The number of aryl methyl sites for hydroxylation is 1. The summed E-state index contributed by atoms with van der Waals surface area (Å²) in [5.74, 6) is -1.94. The molecule has 3 rings (SSSR count). The van der Waals surface area contributed by atoms with Gasteiger partial charge >= 0.3 is 5.97 Å². The summed E-state index contributed by atoms with van der Waals surface area (Å²) in [5.41, 5.74) is 4.35. The van der Waals surface area contributed by atoms with Crippen molar-refractivity contribution < 1.29 is 14.7 Å². The van der Waals surface area contributed by atoms with Crippen molar-refractivity contribution in [2.75, 3.05) is 0 Å². The fourth-order valence-electron chi connectivity index (χ4n) is 4.62. The van der Waals surface area contributed by atoms with Crippen molar-refractivity contribution in [1.29, 1.82) is 0 Å². The Morgan fingerprint density at radius 2 is 1.92 bits per heavy atom. The molecule has 2 aliphatic rings. The average molecular weight is 331 g/mol. The maximum atomic E-state index is 12.8. The molecule has 2 bridgehead atoms. The van der Waals surface area contributed by atoms with Gasteiger partial charge in [-0.15, -0.1) is 0 Å². The lowest BCUT2D eigenvalue weighted by atomic mass is 9.78. The molecule has 6 nitrogen and oxygen atoms in total. The van der Waals surface area contributed by atoms with Crippen molar-refractivity contribution in [3.05, 3.63) is 28.6 Å². The summed E-state index contributed by atoms with van der Waals surface area (Å²) in [6, 6.07) is 0. The zero-order chi connectivity index (χ0) is 17.6. The van der Waals surface area contributed by atoms with Crippen LogP contribution in [0.25, 0.3) is 0 Å². The first-order chi connectivity index (χ1) is 11.3. The fraction of sp³-hybridized carbons (Fsp3) is 0.611. The van der Waals surface area contributed by atoms with E-state index in [9.17, 15) is 14.7 Å². The summed E-state index contributed by atoms with van der Waals surface area (Å²) < 4.78 is 1.76. The molecule has 2 saturated carbocycles. The maximum absolute atomic E-state index is 12.8. The van der Waals surface area contributed by atoms with Gasteiger partial charge in [-0.3, -0.25) is 14.3 Å². The van der Waals surface area contributed by atoms with Crippen LogP contribution in [0.1, 0.15) is 37.9 Å². The quantitative estimate of drug-likeness (QED) is 0.827. The van der Waals surface area contributed by atoms with Gasteiger partial charge < -0.3 is 10.4 Å². The fourth-order valence-corrected chi connectivity index (χ4v) is 4.62. The molecule has 0 aromatic carbocycles. The molecular weight excluding hydrogens is 306 g/mol. The van der Waals surface area contributed by atoms with E-state index in [0.717, 1.165) is 24.1 Å². The minimum absolute atomic E-state index is 0.0216. The van der Waals surface area contributed by atoms with Crippen LogP contribution >= 0.6 is 0 Å². The minimum Gasteiger partial charge on any atom is -0.481 e. The first kappa shape index (κ1) is 16.7. The third kappa shape index (κ3) is 2.54. The topological polar surface area (TPSA) is 84.2 Å². The van der Waals surface area contributed by atoms with Crippen LogP contribution in [0.3, 0.4) is 0 Å². The van der Waals surface area contributed by atoms with Gasteiger partial charge in [0.1, 0.15) is 0 Å². The van der Waals surface area contributed by atoms with E-state index in [1.807, 2.05) is 27.8 Å². The van der Waals surface area contributed by atoms with Crippen molar-refractivity contribution >= 4 is 11.9 Å². The Bertz CT molecular complexity index is 715. The summed E-state index contributed by atoms with van der Waals surface area (Å²) in [4.78, 5) is 24.6. The summed E-state index contributed by atoms with van der Waals surface area (Å²) in [7, 11) is 1.86. The summed E-state index contributed by atoms with van der Waals surface area (Å²) >= 11 is 0. The van der Waals surface area contributed by atoms with Crippen LogP contribution in [0.2, 0.25) is 0 Å². The number of aromatic nitrogens is 2. The number of aliphatic carboxylic acids is 1. The zero-order valence-electron chi connectivity index (χ0n) is 14.7. The minimum atomic E-state index is -0.848. The molecule has 1 aromatic heterocycles. The number of allylic oxidation sites excluding steroid dienone is 2. The number of nitrogens with one attached hydrogen (secondary N) is 1. The van der Waals surface area contributed by atoms with Gasteiger partial charge in [0.25, 0.3) is 0 Å². The van der Waals surface area contributed by atoms with E-state index in [2.05, 4.69) is 10.4 Å². The Morgan fingerprint density at radius 3 is 2.42 bits per heavy atom. The Labute approximate surface area is 141 Å². The SMILES string of the molecule is CC(C)=C1[C@H]2CC[C@H]1[C@H](C(=O)NCc1cnn(C)c1C)[C@H]2C(=O)O. The molecule has 1 aromatic rings. The Morgan fingerprint density at radius 1 is 1.29 bits per heavy atom. The number of hydrogen-bond acceptors (Lipinski definition) is 3. The van der Waals surface area contributed by atoms with Crippen LogP contribution in [0.15, 0.2) is 17.3 Å². The van der Waals surface area contributed by atoms with E-state index in [4.69, 9.17) is 0 Å². The molecule has 2 aliphatic carbocycles. The van der Waals surface area contributed by atoms with Crippen LogP contribution in [0.5, 0.6) is 0 Å². The third-order valence-electron chi connectivity index (χ3n) is 5.80. The molecule has 24 heavy (non-hydrogen) atoms. The van der Waals surface area contributed by atoms with Crippen molar-refractivity contribution in [1.82, 2.24) is 15.1 Å². The molecule has 6 heteroatoms. The Kier molecular flexibility index (Phi) is 4.24. The molecule has 4 atom stereocenters. The second-order valence-electron chi connectivity index (χ2n) is 7.23. The summed E-state index contributed by atoms with van der Waals surface area (Å²) in [6.45, 7) is 6.40. The maximum Gasteiger partial charge on any atom is 0.307 e. The van der Waals surface area contributed by atoms with Crippen molar-refractivity contribution in [3.63, 3.8) is 0 Å². The second-order valence-corrected chi connectivity index (χ2v) is 7.23. The number of hydrogen-bond donors (Lipinski definition) is 2. The van der Waals surface area contributed by atoms with Crippen molar-refractivity contribution in [2.45, 2.75) is 40.2 Å². The van der Waals surface area contributed by atoms with Gasteiger partial charge in [0.15, 0.2) is 0 Å². The first-order valence-corrected chi connectivity index (χ1v) is 8.48. The lowest BCUT2D eigenvalue weighted by Gasteiger charge is -2.26. The van der Waals surface area contributed by atoms with E-state index in [0.29, 0.717) is 6.54 Å². The number of amides is 1. The molecule has 0 radical (unpaired) electrons. The van der Waals surface area contributed by atoms with Gasteiger partial charge in [-0.2, -0.15) is 5.10 Å². The number of rotatable bonds is 4. The highest BCUT2D eigenvalue weighted by atomic mass is 16.4. The van der Waals surface area contributed by atoms with Crippen LogP contribution in [0, 0.1) is 30.6 Å². The monoisotopic (exact) mass is 331 g/mol. The van der Waals surface area contributed by atoms with E-state index < -0.39 is 17.8 Å². The van der Waals surface area contributed by atoms with Crippen LogP contribution in [0.4, 0.5) is 0 Å². The second kappa shape index (κ2) is 6.07. The molecule has 1 amide bonds. The number of carbonyl (C=O) groups excluding carboxylic acids is 1. The van der Waals surface area contributed by atoms with Crippen molar-refractivity contribution in [3.8, 4) is 0 Å². The van der Waals surface area contributed by atoms with Gasteiger partial charge in [0, 0.05) is 24.8 Å². The zero-order valence-corrected chi connectivity index (χ0v) is 14.7. The Balaban J connectivity index is 1.79. The van der Waals surface area contributed by atoms with Gasteiger partial charge in [0.05, 0.1) is 18.0 Å². The highest BCUT2D eigenvalue weighted by Gasteiger charge is 2.57. The highest BCUT2D eigenvalue weighted by Crippen LogP contribution is 2.57. The lowest BCUT2D eigenvalue weighted by molar-refractivity contribution is -0.149. The van der Waals surface area contributed by atoms with Gasteiger partial charge in [0.2, 0.25) is 5.91 Å². The van der Waals surface area contributed by atoms with E-state index in [-0.39, 0.29) is 17.7 Å². The predicted octanol–water partition coefficient (Wildman–Crippen LogP) is 2.04. The number of carboxylic acids is 1. The van der Waals surface area contributed by atoms with Gasteiger partial charge in [-0.1, -0.05) is 11.1 Å². The Hall–Kier alpha value is -2.11. The highest BCUT2D eigenvalue weighted by molar-refractivity contribution is 5.87. The van der Waals surface area contributed by atoms with Crippen LogP contribution in [-0.4, -0.2) is 26.8 Å². The molecule has 1 heterocycles. The average Bonchev–Trinajstić information content (AvgIpc) is 3.18. The normalized spacial score (nSPS) is 28.2. The number of fused-ring (bicyclic) bond motifs is 2. The van der Waals surface area contributed by atoms with E-state index >= 15 is 0 Å². The molecule has 2 N–H and O–H groups in total. The predicted molar refractivity (Wildman–Crippen MR) is 89.0 cm³/mol. The molecular formula is C18H25N3O3. The molecule has 130 valence electrons. The van der Waals surface area contributed by atoms with Crippen LogP contribution < -0.4 is 5.32 Å². The summed E-state index contributed by atoms with van der Waals surface area (Å²) in [5, 5.41) is 16.8. The number of carbonyl (C=O) groups is 2. The molecule has 2 fully saturated rings. The molecule has 0 aliphatic heterocycles. The van der Waals surface area contributed by atoms with Gasteiger partial charge in [-0.25, -0.2) is 0 Å². The largest absolute Gasteiger partial charge is 0.481 e. The van der Waals surface area contributed by atoms with Crippen molar-refractivity contribution in [2.24, 2.45) is 30.7 Å². The first-order valence-electron chi connectivity index (χ1n) is 8.48. The molecule has 0 spiro atoms. The summed E-state index contributed by atoms with van der Waals surface area (Å²) in [6.07, 6.45) is 3.54. The molecule has 0 unspecified atom stereocenters. The lowest BCUT2D eigenvalue weighted by Crippen LogP contribution is -2.41. The van der Waals surface area contributed by atoms with E-state index in [1.165, 1.54) is 11.1 Å². The number of nitrogens with zero attached hydrogens (tertiary/aromatic N) is 2. The smallest absolute Gasteiger partial charge is 0.307 e. The number of carboxylic acid groups (broad SMARTS) is 1. The van der Waals surface area contributed by atoms with E-state index in [1.54, 1.807) is 10.9 Å². The third-order valence-corrected chi connectivity index (χ3v) is 5.80. The van der Waals surface area contributed by atoms with Crippen LogP contribution in [-0.2, 0) is 23.2 Å². The standard InChI is InChI=1S/C18H25N3O3/c1-9(2)14-12-5-6-13(14)16(18(23)24)15(12)17(22)19-7-11-8-20-21(4)10(11)3/h8,12-13,15-16H,5-7H2,1-4H3,(H,19,22)(H,23,24)/t12-,13-,15+,16+/m1/s1. The molecule has 0 saturated heterocycles.